The van der Waals surface area contributed by atoms with Crippen LogP contribution < -0.4 is 9.64 Å². The molecule has 4 fully saturated rings. The van der Waals surface area contributed by atoms with Gasteiger partial charge in [-0.3, -0.25) is 19.6 Å². The minimum Gasteiger partial charge on any atom is -0.461 e. The molecule has 0 N–H and O–H groups in total. The summed E-state index contributed by atoms with van der Waals surface area (Å²) in [6, 6.07) is 10.8. The van der Waals surface area contributed by atoms with Crippen molar-refractivity contribution in [2.45, 2.75) is 82.5 Å². The molecule has 6 heterocycles. The van der Waals surface area contributed by atoms with Gasteiger partial charge in [0.25, 0.3) is 5.91 Å². The summed E-state index contributed by atoms with van der Waals surface area (Å²) in [4.78, 5) is 47.8. The van der Waals surface area contributed by atoms with Crippen molar-refractivity contribution in [2.75, 3.05) is 51.3 Å². The lowest BCUT2D eigenvalue weighted by Crippen LogP contribution is -2.52. The van der Waals surface area contributed by atoms with E-state index in [1.54, 1.807) is 22.1 Å². The van der Waals surface area contributed by atoms with Crippen LogP contribution in [0.4, 0.5) is 15.0 Å². The molecule has 0 bridgehead atoms. The highest BCUT2D eigenvalue weighted by Gasteiger charge is 2.45. The number of likely N-dealkylation sites (tertiary alicyclic amines) is 2. The SMILES string of the molecule is CN(c1nc(OCC23CCCN2CCC3)nc2c(F)c(-c3cccc4cccc(Cl)c34)ncc12)[C@@H]1CCN(C(=O)C#CC2CCN2C(=O)OC(C)(C)C)C1. The summed E-state index contributed by atoms with van der Waals surface area (Å²) in [5.41, 5.74) is 0.157. The molecule has 0 spiro atoms. The lowest BCUT2D eigenvalue weighted by atomic mass is 9.95. The summed E-state index contributed by atoms with van der Waals surface area (Å²) in [7, 11) is 1.90. The average Bonchev–Trinajstić information content (AvgIpc) is 3.86. The number of hydrogen-bond acceptors (Lipinski definition) is 9. The third-order valence-electron chi connectivity index (χ3n) is 11.4. The van der Waals surface area contributed by atoms with E-state index >= 15 is 4.39 Å². The summed E-state index contributed by atoms with van der Waals surface area (Å²) in [6.07, 6.45) is 6.87. The predicted molar refractivity (Wildman–Crippen MR) is 206 cm³/mol. The van der Waals surface area contributed by atoms with E-state index in [9.17, 15) is 9.59 Å². The summed E-state index contributed by atoms with van der Waals surface area (Å²) in [5, 5.41) is 2.54. The molecule has 4 aliphatic heterocycles. The Balaban J connectivity index is 1.08. The van der Waals surface area contributed by atoms with Gasteiger partial charge in [-0.05, 0) is 89.8 Å². The van der Waals surface area contributed by atoms with Crippen molar-refractivity contribution in [1.82, 2.24) is 29.7 Å². The Morgan fingerprint density at radius 1 is 1.06 bits per heavy atom. The maximum atomic E-state index is 16.9. The molecule has 2 atom stereocenters. The van der Waals surface area contributed by atoms with Crippen molar-refractivity contribution in [3.8, 4) is 29.1 Å². The number of likely N-dealkylation sites (N-methyl/N-ethyl adjacent to an activating group) is 1. The molecular formula is C41H45ClFN7O4. The van der Waals surface area contributed by atoms with Crippen molar-refractivity contribution in [2.24, 2.45) is 0 Å². The molecular weight excluding hydrogens is 709 g/mol. The van der Waals surface area contributed by atoms with Crippen molar-refractivity contribution in [3.63, 3.8) is 0 Å². The van der Waals surface area contributed by atoms with Gasteiger partial charge in [0.15, 0.2) is 5.82 Å². The lowest BCUT2D eigenvalue weighted by molar-refractivity contribution is -0.124. The fraction of sp³-hybridized carbons (Fsp3) is 0.488. The first-order valence-corrected chi connectivity index (χ1v) is 19.2. The zero-order valence-corrected chi connectivity index (χ0v) is 32.0. The van der Waals surface area contributed by atoms with Crippen LogP contribution in [0.1, 0.15) is 59.3 Å². The van der Waals surface area contributed by atoms with E-state index in [2.05, 4.69) is 21.7 Å². The molecule has 54 heavy (non-hydrogen) atoms. The maximum absolute atomic E-state index is 16.9. The van der Waals surface area contributed by atoms with Crippen LogP contribution in [-0.4, -0.2) is 111 Å². The first-order valence-electron chi connectivity index (χ1n) is 18.9. The Morgan fingerprint density at radius 2 is 1.81 bits per heavy atom. The van der Waals surface area contributed by atoms with Gasteiger partial charge in [-0.1, -0.05) is 47.9 Å². The van der Waals surface area contributed by atoms with Crippen LogP contribution in [0.3, 0.4) is 0 Å². The van der Waals surface area contributed by atoms with E-state index in [1.165, 1.54) is 0 Å². The molecule has 2 aromatic carbocycles. The fourth-order valence-corrected chi connectivity index (χ4v) is 8.69. The molecule has 1 unspecified atom stereocenters. The Labute approximate surface area is 319 Å². The van der Waals surface area contributed by atoms with Crippen molar-refractivity contribution in [3.05, 3.63) is 53.4 Å². The summed E-state index contributed by atoms with van der Waals surface area (Å²) in [5.74, 6) is 5.34. The van der Waals surface area contributed by atoms with Gasteiger partial charge in [0.05, 0.1) is 17.0 Å². The quantitative estimate of drug-likeness (QED) is 0.199. The van der Waals surface area contributed by atoms with Crippen LogP contribution in [0.25, 0.3) is 32.9 Å². The third kappa shape index (κ3) is 6.77. The highest BCUT2D eigenvalue weighted by Crippen LogP contribution is 2.41. The summed E-state index contributed by atoms with van der Waals surface area (Å²) >= 11 is 6.65. The predicted octanol–water partition coefficient (Wildman–Crippen LogP) is 6.69. The number of carbonyl (C=O) groups is 2. The van der Waals surface area contributed by atoms with Crippen molar-refractivity contribution < 1.29 is 23.5 Å². The standard InChI is InChI=1S/C41H45ClFN7O4/c1-40(2,3)54-39(52)50-22-16-27(50)13-14-32(51)48-21-15-28(24-48)47(4)37-30-23-44-35(29-11-5-9-26-10-6-12-31(42)33(26)29)34(43)36(30)45-38(46-37)53-25-41-17-7-19-49(41)20-8-18-41/h5-6,9-12,23,27-28H,7-8,15-22,24-25H2,1-4H3/t27?,28-/m1/s1. The molecule has 11 nitrogen and oxygen atoms in total. The number of pyridine rings is 1. The van der Waals surface area contributed by atoms with Gasteiger partial charge in [0, 0.05) is 54.9 Å². The van der Waals surface area contributed by atoms with E-state index in [1.807, 2.05) is 63.1 Å². The first kappa shape index (κ1) is 36.3. The Hall–Kier alpha value is -4.73. The van der Waals surface area contributed by atoms with E-state index in [4.69, 9.17) is 31.0 Å². The number of nitrogens with zero attached hydrogens (tertiary/aromatic N) is 7. The number of anilines is 1. The Bertz CT molecular complexity index is 2180. The van der Waals surface area contributed by atoms with E-state index in [0.717, 1.165) is 44.2 Å². The molecule has 0 saturated carbocycles. The lowest BCUT2D eigenvalue weighted by Gasteiger charge is -2.38. The van der Waals surface area contributed by atoms with Crippen LogP contribution in [0.15, 0.2) is 42.6 Å². The second kappa shape index (κ2) is 14.2. The normalized spacial score (nSPS) is 20.8. The number of aromatic nitrogens is 3. The number of halogens is 2. The maximum Gasteiger partial charge on any atom is 0.411 e. The van der Waals surface area contributed by atoms with Crippen LogP contribution >= 0.6 is 11.6 Å². The topological polar surface area (TPSA) is 104 Å². The molecule has 4 saturated heterocycles. The van der Waals surface area contributed by atoms with E-state index in [0.29, 0.717) is 66.3 Å². The minimum atomic E-state index is -0.610. The largest absolute Gasteiger partial charge is 0.461 e. The number of amides is 2. The number of rotatable bonds is 6. The smallest absolute Gasteiger partial charge is 0.411 e. The number of fused-ring (bicyclic) bond motifs is 3. The monoisotopic (exact) mass is 753 g/mol. The van der Waals surface area contributed by atoms with Crippen LogP contribution in [-0.2, 0) is 9.53 Å². The summed E-state index contributed by atoms with van der Waals surface area (Å²) in [6.45, 7) is 9.42. The Kier molecular flexibility index (Phi) is 9.51. The molecule has 8 rings (SSSR count). The van der Waals surface area contributed by atoms with Crippen LogP contribution in [0.5, 0.6) is 6.01 Å². The number of ether oxygens (including phenoxy) is 2. The second-order valence-electron chi connectivity index (χ2n) is 15.9. The van der Waals surface area contributed by atoms with Gasteiger partial charge in [0.1, 0.15) is 29.2 Å². The molecule has 0 aliphatic carbocycles. The highest BCUT2D eigenvalue weighted by molar-refractivity contribution is 6.36. The number of hydrogen-bond donors (Lipinski definition) is 0. The minimum absolute atomic E-state index is 0.0528. The van der Waals surface area contributed by atoms with E-state index in [-0.39, 0.29) is 40.8 Å². The van der Waals surface area contributed by atoms with Gasteiger partial charge in [-0.25, -0.2) is 9.18 Å². The molecule has 13 heteroatoms. The van der Waals surface area contributed by atoms with Gasteiger partial charge in [0.2, 0.25) is 0 Å². The van der Waals surface area contributed by atoms with Gasteiger partial charge < -0.3 is 19.3 Å². The number of carbonyl (C=O) groups excluding carboxylic acids is 2. The average molecular weight is 754 g/mol. The zero-order valence-electron chi connectivity index (χ0n) is 31.2. The van der Waals surface area contributed by atoms with Gasteiger partial charge >= 0.3 is 12.1 Å². The Morgan fingerprint density at radius 3 is 2.54 bits per heavy atom. The van der Waals surface area contributed by atoms with Crippen molar-refractivity contribution >= 4 is 51.1 Å². The van der Waals surface area contributed by atoms with Crippen LogP contribution in [0, 0.1) is 17.7 Å². The van der Waals surface area contributed by atoms with Gasteiger partial charge in [-0.2, -0.15) is 9.97 Å². The molecule has 2 amide bonds. The second-order valence-corrected chi connectivity index (χ2v) is 16.3. The van der Waals surface area contributed by atoms with Gasteiger partial charge in [-0.15, -0.1) is 0 Å². The molecule has 4 aliphatic rings. The highest BCUT2D eigenvalue weighted by atomic mass is 35.5. The zero-order chi connectivity index (χ0) is 37.8. The van der Waals surface area contributed by atoms with E-state index < -0.39 is 17.5 Å². The fourth-order valence-electron chi connectivity index (χ4n) is 8.41. The molecule has 2 aromatic heterocycles. The summed E-state index contributed by atoms with van der Waals surface area (Å²) < 4.78 is 28.8. The molecule has 4 aromatic rings. The molecule has 0 radical (unpaired) electrons. The van der Waals surface area contributed by atoms with Crippen molar-refractivity contribution in [1.29, 1.82) is 0 Å². The molecule has 282 valence electrons. The number of benzene rings is 2. The third-order valence-corrected chi connectivity index (χ3v) is 11.7. The van der Waals surface area contributed by atoms with Crippen LogP contribution in [0.2, 0.25) is 5.02 Å². The first-order chi connectivity index (χ1) is 25.9.